The number of ether oxygens (including phenoxy) is 1. The maximum atomic E-state index is 11.9. The Morgan fingerprint density at radius 3 is 2.37 bits per heavy atom. The van der Waals surface area contributed by atoms with E-state index in [9.17, 15) is 4.79 Å². The van der Waals surface area contributed by atoms with Gasteiger partial charge in [0.05, 0.1) is 30.5 Å². The number of fused-ring (bicyclic) bond motifs is 3. The fraction of sp³-hybridized carbons (Fsp3) is 0.136. The first-order chi connectivity index (χ1) is 14.7. The molecule has 2 aromatic carbocycles. The van der Waals surface area contributed by atoms with Crippen LogP contribution in [0, 0.1) is 6.92 Å². The lowest BCUT2D eigenvalue weighted by Crippen LogP contribution is -2.06. The number of methoxy groups -OCH3 is 1. The average Bonchev–Trinajstić information content (AvgIpc) is 3.32. The highest BCUT2D eigenvalue weighted by atomic mass is 16.5. The van der Waals surface area contributed by atoms with Crippen LogP contribution in [0.4, 0.5) is 0 Å². The molecule has 148 valence electrons. The van der Waals surface area contributed by atoms with Crippen LogP contribution in [0.2, 0.25) is 0 Å². The average molecular weight is 398 g/mol. The third kappa shape index (κ3) is 2.81. The van der Waals surface area contributed by atoms with Crippen LogP contribution in [0.5, 0.6) is 0 Å². The molecule has 0 aliphatic rings. The molecule has 0 unspecified atom stereocenters. The molecule has 8 heteroatoms. The second-order valence-electron chi connectivity index (χ2n) is 6.88. The molecular weight excluding hydrogens is 380 g/mol. The van der Waals surface area contributed by atoms with E-state index in [0.29, 0.717) is 22.5 Å². The molecule has 30 heavy (non-hydrogen) atoms. The van der Waals surface area contributed by atoms with Gasteiger partial charge in [0.15, 0.2) is 16.8 Å². The van der Waals surface area contributed by atoms with E-state index >= 15 is 0 Å². The molecule has 0 bridgehead atoms. The van der Waals surface area contributed by atoms with E-state index in [2.05, 4.69) is 15.3 Å². The second-order valence-corrected chi connectivity index (χ2v) is 6.88. The van der Waals surface area contributed by atoms with Gasteiger partial charge in [-0.2, -0.15) is 14.7 Å². The zero-order chi connectivity index (χ0) is 20.7. The SMILES string of the molecule is COC(=O)Cc1nn(-c2ccccc2)c2c1nnc1c(-c3ccccc3)c(C)nn12. The molecule has 3 aromatic heterocycles. The first kappa shape index (κ1) is 18.0. The van der Waals surface area contributed by atoms with Gasteiger partial charge in [-0.25, -0.2) is 4.68 Å². The lowest BCUT2D eigenvalue weighted by atomic mass is 10.1. The van der Waals surface area contributed by atoms with E-state index in [1.807, 2.05) is 67.6 Å². The number of para-hydroxylation sites is 1. The summed E-state index contributed by atoms with van der Waals surface area (Å²) in [6.07, 6.45) is -0.00118. The first-order valence-corrected chi connectivity index (χ1v) is 9.48. The molecule has 0 aliphatic heterocycles. The van der Waals surface area contributed by atoms with Crippen molar-refractivity contribution in [2.45, 2.75) is 13.3 Å². The number of aryl methyl sites for hydroxylation is 1. The third-order valence-corrected chi connectivity index (χ3v) is 4.99. The van der Waals surface area contributed by atoms with Crippen molar-refractivity contribution in [1.29, 1.82) is 0 Å². The summed E-state index contributed by atoms with van der Waals surface area (Å²) in [6, 6.07) is 19.6. The van der Waals surface area contributed by atoms with E-state index < -0.39 is 5.97 Å². The Balaban J connectivity index is 1.84. The molecule has 5 rings (SSSR count). The normalized spacial score (nSPS) is 11.3. The van der Waals surface area contributed by atoms with Crippen LogP contribution in [-0.4, -0.2) is 42.7 Å². The zero-order valence-corrected chi connectivity index (χ0v) is 16.5. The second kappa shape index (κ2) is 7.07. The third-order valence-electron chi connectivity index (χ3n) is 4.99. The van der Waals surface area contributed by atoms with Crippen LogP contribution in [0.25, 0.3) is 33.6 Å². The number of carbonyl (C=O) groups is 1. The minimum atomic E-state index is -0.391. The van der Waals surface area contributed by atoms with E-state index in [4.69, 9.17) is 9.84 Å². The lowest BCUT2D eigenvalue weighted by molar-refractivity contribution is -0.139. The monoisotopic (exact) mass is 398 g/mol. The minimum absolute atomic E-state index is 0.00118. The van der Waals surface area contributed by atoms with Gasteiger partial charge in [0.25, 0.3) is 0 Å². The van der Waals surface area contributed by atoms with E-state index in [-0.39, 0.29) is 6.42 Å². The lowest BCUT2D eigenvalue weighted by Gasteiger charge is -2.04. The van der Waals surface area contributed by atoms with Crippen molar-refractivity contribution >= 4 is 22.8 Å². The van der Waals surface area contributed by atoms with Crippen LogP contribution in [0.3, 0.4) is 0 Å². The highest BCUT2D eigenvalue weighted by molar-refractivity contribution is 5.86. The molecular formula is C22H18N6O2. The topological polar surface area (TPSA) is 87.2 Å². The van der Waals surface area contributed by atoms with Crippen molar-refractivity contribution < 1.29 is 9.53 Å². The predicted molar refractivity (Wildman–Crippen MR) is 111 cm³/mol. The van der Waals surface area contributed by atoms with Crippen LogP contribution in [0.1, 0.15) is 11.4 Å². The summed E-state index contributed by atoms with van der Waals surface area (Å²) in [6.45, 7) is 1.95. The van der Waals surface area contributed by atoms with Gasteiger partial charge in [-0.1, -0.05) is 48.5 Å². The van der Waals surface area contributed by atoms with Crippen molar-refractivity contribution in [2.75, 3.05) is 7.11 Å². The first-order valence-electron chi connectivity index (χ1n) is 9.48. The van der Waals surface area contributed by atoms with Gasteiger partial charge in [0, 0.05) is 0 Å². The minimum Gasteiger partial charge on any atom is -0.469 e. The molecule has 0 saturated heterocycles. The number of benzene rings is 2. The molecule has 8 nitrogen and oxygen atoms in total. The van der Waals surface area contributed by atoms with Gasteiger partial charge in [-0.05, 0) is 24.6 Å². The molecule has 0 aliphatic carbocycles. The molecule has 0 spiro atoms. The summed E-state index contributed by atoms with van der Waals surface area (Å²) in [5.74, 6) is -0.391. The zero-order valence-electron chi connectivity index (χ0n) is 16.5. The van der Waals surface area contributed by atoms with Gasteiger partial charge >= 0.3 is 5.97 Å². The van der Waals surface area contributed by atoms with Crippen molar-refractivity contribution in [3.8, 4) is 16.8 Å². The Morgan fingerprint density at radius 2 is 1.67 bits per heavy atom. The molecule has 0 fully saturated rings. The molecule has 0 saturated carbocycles. The summed E-state index contributed by atoms with van der Waals surface area (Å²) in [5, 5.41) is 18.3. The summed E-state index contributed by atoms with van der Waals surface area (Å²) in [7, 11) is 1.35. The van der Waals surface area contributed by atoms with Crippen molar-refractivity contribution in [3.05, 3.63) is 72.1 Å². The van der Waals surface area contributed by atoms with Crippen LogP contribution in [-0.2, 0) is 16.0 Å². The molecule has 0 N–H and O–H groups in total. The molecule has 0 amide bonds. The highest BCUT2D eigenvalue weighted by Gasteiger charge is 2.23. The largest absolute Gasteiger partial charge is 0.469 e. The summed E-state index contributed by atoms with van der Waals surface area (Å²) >= 11 is 0. The Kier molecular flexibility index (Phi) is 4.24. The quantitative estimate of drug-likeness (QED) is 0.432. The Morgan fingerprint density at radius 1 is 0.967 bits per heavy atom. The molecule has 5 aromatic rings. The fourth-order valence-corrected chi connectivity index (χ4v) is 3.61. The van der Waals surface area contributed by atoms with E-state index in [0.717, 1.165) is 22.5 Å². The number of esters is 1. The number of hydrogen-bond donors (Lipinski definition) is 0. The predicted octanol–water partition coefficient (Wildman–Crippen LogP) is 3.15. The van der Waals surface area contributed by atoms with Gasteiger partial charge in [0.1, 0.15) is 5.69 Å². The maximum absolute atomic E-state index is 11.9. The number of hydrogen-bond acceptors (Lipinski definition) is 6. The molecule has 3 heterocycles. The Hall–Kier alpha value is -4.07. The van der Waals surface area contributed by atoms with Gasteiger partial charge in [-0.15, -0.1) is 10.2 Å². The number of nitrogens with zero attached hydrogens (tertiary/aromatic N) is 6. The van der Waals surface area contributed by atoms with Gasteiger partial charge in [-0.3, -0.25) is 4.79 Å². The fourth-order valence-electron chi connectivity index (χ4n) is 3.61. The highest BCUT2D eigenvalue weighted by Crippen LogP contribution is 2.29. The van der Waals surface area contributed by atoms with Crippen LogP contribution < -0.4 is 0 Å². The van der Waals surface area contributed by atoms with Gasteiger partial charge in [0.2, 0.25) is 0 Å². The Labute approximate surface area is 171 Å². The number of carbonyl (C=O) groups excluding carboxylic acids is 1. The summed E-state index contributed by atoms with van der Waals surface area (Å²) in [4.78, 5) is 11.9. The van der Waals surface area contributed by atoms with Crippen molar-refractivity contribution in [2.24, 2.45) is 0 Å². The smallest absolute Gasteiger partial charge is 0.311 e. The molecule has 0 atom stereocenters. The number of rotatable bonds is 4. The van der Waals surface area contributed by atoms with E-state index in [1.54, 1.807) is 9.20 Å². The Bertz CT molecular complexity index is 1370. The van der Waals surface area contributed by atoms with Crippen molar-refractivity contribution in [1.82, 2.24) is 29.6 Å². The van der Waals surface area contributed by atoms with Gasteiger partial charge < -0.3 is 4.74 Å². The summed E-state index contributed by atoms with van der Waals surface area (Å²) in [5.41, 5.74) is 5.88. The van der Waals surface area contributed by atoms with Crippen LogP contribution in [0.15, 0.2) is 60.7 Å². The van der Waals surface area contributed by atoms with Crippen molar-refractivity contribution in [3.63, 3.8) is 0 Å². The molecule has 0 radical (unpaired) electrons. The number of aromatic nitrogens is 6. The van der Waals surface area contributed by atoms with E-state index in [1.165, 1.54) is 7.11 Å². The summed E-state index contributed by atoms with van der Waals surface area (Å²) < 4.78 is 8.33. The maximum Gasteiger partial charge on any atom is 0.311 e. The van der Waals surface area contributed by atoms with Crippen LogP contribution >= 0.6 is 0 Å². The standard InChI is InChI=1S/C22H18N6O2/c1-14-19(15-9-5-3-6-10-15)21-24-23-20-17(13-18(29)30-2)26-27(22(20)28(21)25-14)16-11-7-4-8-12-16/h3-12H,13H2,1-2H3.